The van der Waals surface area contributed by atoms with E-state index in [9.17, 15) is 4.79 Å². The molecule has 168 valence electrons. The topological polar surface area (TPSA) is 102 Å². The van der Waals surface area contributed by atoms with Gasteiger partial charge in [-0.2, -0.15) is 15.0 Å². The number of halogens is 1. The Morgan fingerprint density at radius 1 is 1.18 bits per heavy atom. The number of aromatic amines is 1. The Bertz CT molecular complexity index is 1300. The summed E-state index contributed by atoms with van der Waals surface area (Å²) in [5.41, 5.74) is 2.93. The fraction of sp³-hybridized carbons (Fsp3) is 0.261. The average Bonchev–Trinajstić information content (AvgIpc) is 3.60. The summed E-state index contributed by atoms with van der Waals surface area (Å²) in [4.78, 5) is 20.2. The van der Waals surface area contributed by atoms with Gasteiger partial charge < -0.3 is 14.6 Å². The van der Waals surface area contributed by atoms with Crippen LogP contribution in [0.25, 0.3) is 17.1 Å². The Morgan fingerprint density at radius 2 is 2.00 bits per heavy atom. The Morgan fingerprint density at radius 3 is 2.79 bits per heavy atom. The van der Waals surface area contributed by atoms with Crippen molar-refractivity contribution in [3.63, 3.8) is 0 Å². The van der Waals surface area contributed by atoms with Crippen molar-refractivity contribution in [2.75, 3.05) is 13.7 Å². The van der Waals surface area contributed by atoms with Crippen LogP contribution in [0.4, 0.5) is 0 Å². The third kappa shape index (κ3) is 3.84. The summed E-state index contributed by atoms with van der Waals surface area (Å²) in [5.74, 6) is 1.60. The van der Waals surface area contributed by atoms with Gasteiger partial charge in [0, 0.05) is 6.54 Å². The van der Waals surface area contributed by atoms with Gasteiger partial charge in [-0.25, -0.2) is 0 Å². The first-order chi connectivity index (χ1) is 16.1. The summed E-state index contributed by atoms with van der Waals surface area (Å²) in [6.45, 7) is 2.60. The van der Waals surface area contributed by atoms with E-state index >= 15 is 0 Å². The van der Waals surface area contributed by atoms with E-state index in [-0.39, 0.29) is 11.9 Å². The summed E-state index contributed by atoms with van der Waals surface area (Å²) in [6, 6.07) is 10.9. The highest BCUT2D eigenvalue weighted by atomic mass is 35.5. The predicted octanol–water partition coefficient (Wildman–Crippen LogP) is 4.00. The maximum absolute atomic E-state index is 13.6. The first-order valence-electron chi connectivity index (χ1n) is 10.6. The Labute approximate surface area is 195 Å². The number of rotatable bonds is 5. The molecule has 10 heteroatoms. The zero-order valence-electron chi connectivity index (χ0n) is 18.2. The molecule has 0 aliphatic carbocycles. The van der Waals surface area contributed by atoms with Crippen molar-refractivity contribution in [1.82, 2.24) is 35.1 Å². The molecular formula is C23H22ClN7O2. The van der Waals surface area contributed by atoms with Crippen molar-refractivity contribution in [2.45, 2.75) is 25.8 Å². The molecule has 5 rings (SSSR count). The molecule has 4 aromatic rings. The van der Waals surface area contributed by atoms with Crippen LogP contribution in [-0.2, 0) is 0 Å². The molecule has 1 atom stereocenters. The smallest absolute Gasteiger partial charge is 0.256 e. The Hall–Kier alpha value is -3.72. The van der Waals surface area contributed by atoms with E-state index in [4.69, 9.17) is 16.3 Å². The molecule has 2 aromatic heterocycles. The van der Waals surface area contributed by atoms with Crippen LogP contribution in [0, 0.1) is 6.92 Å². The molecule has 1 N–H and O–H groups in total. The second-order valence-electron chi connectivity index (χ2n) is 7.88. The van der Waals surface area contributed by atoms with Gasteiger partial charge >= 0.3 is 0 Å². The van der Waals surface area contributed by atoms with Crippen molar-refractivity contribution in [2.24, 2.45) is 0 Å². The van der Waals surface area contributed by atoms with Gasteiger partial charge in [-0.3, -0.25) is 4.79 Å². The highest BCUT2D eigenvalue weighted by Gasteiger charge is 2.34. The standard InChI is InChI=1S/C23H22ClN7O2/c1-14-8-9-15(19(13-14)31-25-10-11-26-31)23(32)30-12-4-7-18(30)22-27-21(28-29-22)16-5-3-6-17(24)20(16)33-2/h3,5-6,8-11,13,18H,4,7,12H2,1-2H3,(H,27,28,29). The third-order valence-corrected chi connectivity index (χ3v) is 6.08. The first-order valence-corrected chi connectivity index (χ1v) is 11.0. The zero-order valence-corrected chi connectivity index (χ0v) is 19.0. The maximum Gasteiger partial charge on any atom is 0.256 e. The van der Waals surface area contributed by atoms with Crippen LogP contribution in [0.15, 0.2) is 48.8 Å². The molecule has 1 fully saturated rings. The van der Waals surface area contributed by atoms with Crippen LogP contribution in [0.2, 0.25) is 5.02 Å². The number of amides is 1. The predicted molar refractivity (Wildman–Crippen MR) is 122 cm³/mol. The fourth-order valence-corrected chi connectivity index (χ4v) is 4.48. The van der Waals surface area contributed by atoms with Crippen LogP contribution >= 0.6 is 11.6 Å². The number of hydrogen-bond donors (Lipinski definition) is 1. The normalized spacial score (nSPS) is 15.7. The van der Waals surface area contributed by atoms with Gasteiger partial charge in [0.15, 0.2) is 11.6 Å². The van der Waals surface area contributed by atoms with Crippen LogP contribution in [0.1, 0.15) is 40.6 Å². The lowest BCUT2D eigenvalue weighted by Crippen LogP contribution is -2.32. The van der Waals surface area contributed by atoms with Gasteiger partial charge in [-0.15, -0.1) is 10.2 Å². The van der Waals surface area contributed by atoms with Crippen LogP contribution in [-0.4, -0.2) is 54.6 Å². The van der Waals surface area contributed by atoms with Crippen LogP contribution < -0.4 is 4.74 Å². The van der Waals surface area contributed by atoms with Crippen molar-refractivity contribution in [3.8, 4) is 22.8 Å². The molecule has 2 aromatic carbocycles. The van der Waals surface area contributed by atoms with Crippen LogP contribution in [0.3, 0.4) is 0 Å². The number of nitrogens with zero attached hydrogens (tertiary/aromatic N) is 6. The second kappa shape index (κ2) is 8.67. The molecule has 33 heavy (non-hydrogen) atoms. The molecule has 0 radical (unpaired) electrons. The van der Waals surface area contributed by atoms with Crippen molar-refractivity contribution >= 4 is 17.5 Å². The van der Waals surface area contributed by atoms with Gasteiger partial charge in [0.25, 0.3) is 5.91 Å². The number of hydrogen-bond acceptors (Lipinski definition) is 6. The maximum atomic E-state index is 13.6. The number of aromatic nitrogens is 6. The second-order valence-corrected chi connectivity index (χ2v) is 8.28. The molecule has 1 aliphatic heterocycles. The van der Waals surface area contributed by atoms with Crippen molar-refractivity contribution in [3.05, 3.63) is 70.8 Å². The minimum Gasteiger partial charge on any atom is -0.494 e. The molecule has 0 saturated carbocycles. The van der Waals surface area contributed by atoms with Gasteiger partial charge in [-0.05, 0) is 49.6 Å². The molecule has 1 unspecified atom stereocenters. The van der Waals surface area contributed by atoms with E-state index in [1.165, 1.54) is 4.80 Å². The van der Waals surface area contributed by atoms with Gasteiger partial charge in [0.05, 0.1) is 47.4 Å². The van der Waals surface area contributed by atoms with Gasteiger partial charge in [-0.1, -0.05) is 23.7 Å². The summed E-state index contributed by atoms with van der Waals surface area (Å²) in [6.07, 6.45) is 4.84. The van der Waals surface area contributed by atoms with Crippen LogP contribution in [0.5, 0.6) is 5.75 Å². The fourth-order valence-electron chi connectivity index (χ4n) is 4.23. The molecular weight excluding hydrogens is 442 g/mol. The lowest BCUT2D eigenvalue weighted by molar-refractivity contribution is 0.0729. The SMILES string of the molecule is COc1c(Cl)cccc1-c1nnc(C2CCCN2C(=O)c2ccc(C)cc2-n2nccn2)[nH]1. The molecule has 1 aliphatic rings. The number of aryl methyl sites for hydroxylation is 1. The molecule has 0 bridgehead atoms. The largest absolute Gasteiger partial charge is 0.494 e. The molecule has 1 saturated heterocycles. The zero-order chi connectivity index (χ0) is 22.9. The van der Waals surface area contributed by atoms with E-state index in [1.54, 1.807) is 25.6 Å². The number of nitrogens with one attached hydrogen (secondary N) is 1. The minimum atomic E-state index is -0.219. The van der Waals surface area contributed by atoms with Crippen molar-refractivity contribution in [1.29, 1.82) is 0 Å². The number of methoxy groups -OCH3 is 1. The summed E-state index contributed by atoms with van der Waals surface area (Å²) < 4.78 is 5.44. The number of ether oxygens (including phenoxy) is 1. The number of carbonyl (C=O) groups excluding carboxylic acids is 1. The van der Waals surface area contributed by atoms with Gasteiger partial charge in [0.2, 0.25) is 0 Å². The molecule has 1 amide bonds. The van der Waals surface area contributed by atoms with E-state index in [0.29, 0.717) is 45.8 Å². The number of para-hydroxylation sites is 1. The number of H-pyrrole nitrogens is 1. The Balaban J connectivity index is 1.47. The summed E-state index contributed by atoms with van der Waals surface area (Å²) in [5, 5.41) is 17.6. The number of carbonyl (C=O) groups is 1. The van der Waals surface area contributed by atoms with E-state index < -0.39 is 0 Å². The van der Waals surface area contributed by atoms with E-state index in [1.807, 2.05) is 42.2 Å². The monoisotopic (exact) mass is 463 g/mol. The Kier molecular flexibility index (Phi) is 5.55. The highest BCUT2D eigenvalue weighted by Crippen LogP contribution is 2.36. The molecule has 0 spiro atoms. The highest BCUT2D eigenvalue weighted by molar-refractivity contribution is 6.32. The molecule has 3 heterocycles. The quantitative estimate of drug-likeness (QED) is 0.480. The number of likely N-dealkylation sites (tertiary alicyclic amines) is 1. The average molecular weight is 464 g/mol. The minimum absolute atomic E-state index is 0.0944. The first kappa shape index (κ1) is 21.1. The summed E-state index contributed by atoms with van der Waals surface area (Å²) in [7, 11) is 1.56. The molecule has 9 nitrogen and oxygen atoms in total. The lowest BCUT2D eigenvalue weighted by Gasteiger charge is -2.24. The van der Waals surface area contributed by atoms with E-state index in [0.717, 1.165) is 18.4 Å². The summed E-state index contributed by atoms with van der Waals surface area (Å²) >= 11 is 6.26. The van der Waals surface area contributed by atoms with Crippen molar-refractivity contribution < 1.29 is 9.53 Å². The third-order valence-electron chi connectivity index (χ3n) is 5.78. The number of benzene rings is 2. The lowest BCUT2D eigenvalue weighted by atomic mass is 10.1. The van der Waals surface area contributed by atoms with E-state index in [2.05, 4.69) is 25.4 Å². The van der Waals surface area contributed by atoms with Gasteiger partial charge in [0.1, 0.15) is 5.75 Å².